The lowest BCUT2D eigenvalue weighted by Crippen LogP contribution is -2.57. The molecule has 242 valence electrons. The molecular formula is C29H49N6O8+. The van der Waals surface area contributed by atoms with Crippen LogP contribution in [0, 0.1) is 0 Å². The Morgan fingerprint density at radius 2 is 1.05 bits per heavy atom. The summed E-state index contributed by atoms with van der Waals surface area (Å²) < 4.78 is 15.5. The van der Waals surface area contributed by atoms with Crippen LogP contribution in [0.15, 0.2) is 30.3 Å². The fourth-order valence-electron chi connectivity index (χ4n) is 3.58. The first kappa shape index (κ1) is 37.0. The van der Waals surface area contributed by atoms with Gasteiger partial charge in [0.2, 0.25) is 0 Å². The molecule has 0 fully saturated rings. The van der Waals surface area contributed by atoms with Gasteiger partial charge in [0.1, 0.15) is 17.8 Å². The average Bonchev–Trinajstić information content (AvgIpc) is 2.86. The third-order valence-electron chi connectivity index (χ3n) is 5.42. The number of hydrogen-bond donors (Lipinski definition) is 5. The number of rotatable bonds is 15. The van der Waals surface area contributed by atoms with Gasteiger partial charge in [0.15, 0.2) is 13.1 Å². The quantitative estimate of drug-likeness (QED) is 0.113. The van der Waals surface area contributed by atoms with E-state index in [-0.39, 0.29) is 75.3 Å². The van der Waals surface area contributed by atoms with E-state index in [9.17, 15) is 24.0 Å². The zero-order valence-corrected chi connectivity index (χ0v) is 26.5. The monoisotopic (exact) mass is 609 g/mol. The SMILES string of the molecule is CC(C)(C)OC(=O)NCCNC(=O)C[N+](C)(CCNC(=O)OCc1ccccc1)CC(=O)NCCNC(=O)OC(C)(C)C. The number of carbonyl (C=O) groups is 5. The van der Waals surface area contributed by atoms with E-state index in [1.54, 1.807) is 48.6 Å². The molecule has 0 saturated heterocycles. The predicted octanol–water partition coefficient (Wildman–Crippen LogP) is 1.64. The van der Waals surface area contributed by atoms with Crippen molar-refractivity contribution >= 4 is 30.1 Å². The molecule has 1 aromatic rings. The standard InChI is InChI=1S/C29H48N6O8/c1-28(2,3)42-26(39)32-15-13-30-23(36)19-35(7,18-17-34-25(38)41-21-22-11-9-8-10-12-22)20-24(37)31-14-16-33-27(40)43-29(4,5)6/h8-12H,13-21H2,1-7H3,(H4-,30,31,32,33,34,36,37,38,39,40)/p+1. The molecule has 0 aliphatic carbocycles. The van der Waals surface area contributed by atoms with Crippen molar-refractivity contribution in [2.45, 2.75) is 59.4 Å². The first-order valence-corrected chi connectivity index (χ1v) is 14.2. The summed E-state index contributed by atoms with van der Waals surface area (Å²) in [5.74, 6) is -0.695. The Labute approximate surface area is 254 Å². The third kappa shape index (κ3) is 19.6. The van der Waals surface area contributed by atoms with Crippen LogP contribution in [-0.4, -0.2) is 105 Å². The summed E-state index contributed by atoms with van der Waals surface area (Å²) in [6.45, 7) is 11.5. The first-order chi connectivity index (χ1) is 20.0. The Bertz CT molecular complexity index is 1000. The van der Waals surface area contributed by atoms with Crippen molar-refractivity contribution in [3.8, 4) is 0 Å². The van der Waals surface area contributed by atoms with E-state index in [1.165, 1.54) is 0 Å². The molecule has 5 amide bonds. The number of nitrogens with one attached hydrogen (secondary N) is 5. The Balaban J connectivity index is 2.61. The van der Waals surface area contributed by atoms with E-state index in [4.69, 9.17) is 14.2 Å². The summed E-state index contributed by atoms with van der Waals surface area (Å²) in [5.41, 5.74) is -0.434. The van der Waals surface area contributed by atoms with Gasteiger partial charge in [0.25, 0.3) is 11.8 Å². The number of amides is 5. The maximum Gasteiger partial charge on any atom is 0.407 e. The highest BCUT2D eigenvalue weighted by Gasteiger charge is 2.29. The topological polar surface area (TPSA) is 173 Å². The van der Waals surface area contributed by atoms with Gasteiger partial charge < -0.3 is 45.3 Å². The van der Waals surface area contributed by atoms with E-state index in [1.807, 2.05) is 30.3 Å². The zero-order valence-electron chi connectivity index (χ0n) is 26.5. The molecule has 0 aromatic heterocycles. The smallest absolute Gasteiger partial charge is 0.407 e. The van der Waals surface area contributed by atoms with Gasteiger partial charge in [-0.25, -0.2) is 14.4 Å². The van der Waals surface area contributed by atoms with Gasteiger partial charge in [-0.1, -0.05) is 30.3 Å². The fourth-order valence-corrected chi connectivity index (χ4v) is 3.58. The van der Waals surface area contributed by atoms with Gasteiger partial charge in [0.05, 0.1) is 20.1 Å². The van der Waals surface area contributed by atoms with E-state index in [0.717, 1.165) is 5.56 Å². The second-order valence-corrected chi connectivity index (χ2v) is 12.2. The normalized spacial score (nSPS) is 11.5. The van der Waals surface area contributed by atoms with Crippen LogP contribution in [0.25, 0.3) is 0 Å². The van der Waals surface area contributed by atoms with Crippen molar-refractivity contribution in [1.82, 2.24) is 26.6 Å². The number of nitrogens with zero attached hydrogens (tertiary/aromatic N) is 1. The summed E-state index contributed by atoms with van der Waals surface area (Å²) in [4.78, 5) is 61.3. The zero-order chi connectivity index (χ0) is 32.5. The highest BCUT2D eigenvalue weighted by molar-refractivity contribution is 5.79. The summed E-state index contributed by atoms with van der Waals surface area (Å²) in [6.07, 6.45) is -1.80. The van der Waals surface area contributed by atoms with Crippen molar-refractivity contribution in [2.24, 2.45) is 0 Å². The number of likely N-dealkylation sites (N-methyl/N-ethyl adjacent to an activating group) is 1. The van der Waals surface area contributed by atoms with Gasteiger partial charge in [-0.2, -0.15) is 0 Å². The van der Waals surface area contributed by atoms with Crippen LogP contribution in [0.2, 0.25) is 0 Å². The molecular weight excluding hydrogens is 560 g/mol. The minimum Gasteiger partial charge on any atom is -0.445 e. The van der Waals surface area contributed by atoms with Gasteiger partial charge in [-0.05, 0) is 47.1 Å². The molecule has 0 radical (unpaired) electrons. The van der Waals surface area contributed by atoms with E-state index >= 15 is 0 Å². The van der Waals surface area contributed by atoms with Crippen LogP contribution in [0.3, 0.4) is 0 Å². The molecule has 43 heavy (non-hydrogen) atoms. The molecule has 5 N–H and O–H groups in total. The van der Waals surface area contributed by atoms with Crippen molar-refractivity contribution in [1.29, 1.82) is 0 Å². The number of ether oxygens (including phenoxy) is 3. The minimum atomic E-state index is -0.638. The number of alkyl carbamates (subject to hydrolysis) is 3. The molecule has 1 rings (SSSR count). The van der Waals surface area contributed by atoms with E-state index in [0.29, 0.717) is 0 Å². The molecule has 0 aliphatic rings. The Morgan fingerprint density at radius 3 is 1.49 bits per heavy atom. The Morgan fingerprint density at radius 1 is 0.628 bits per heavy atom. The first-order valence-electron chi connectivity index (χ1n) is 14.2. The largest absolute Gasteiger partial charge is 0.445 e. The van der Waals surface area contributed by atoms with Gasteiger partial charge in [-0.3, -0.25) is 9.59 Å². The maximum atomic E-state index is 12.7. The molecule has 0 spiro atoms. The highest BCUT2D eigenvalue weighted by Crippen LogP contribution is 2.07. The Kier molecular flexibility index (Phi) is 15.3. The van der Waals surface area contributed by atoms with Crippen LogP contribution < -0.4 is 26.6 Å². The molecule has 1 aromatic carbocycles. The molecule has 0 aliphatic heterocycles. The van der Waals surface area contributed by atoms with Crippen molar-refractivity contribution in [2.75, 3.05) is 59.4 Å². The van der Waals surface area contributed by atoms with E-state index < -0.39 is 29.5 Å². The Hall–Kier alpha value is -4.07. The van der Waals surface area contributed by atoms with Crippen LogP contribution in [0.5, 0.6) is 0 Å². The van der Waals surface area contributed by atoms with Gasteiger partial charge in [-0.15, -0.1) is 0 Å². The maximum absolute atomic E-state index is 12.7. The van der Waals surface area contributed by atoms with Gasteiger partial charge >= 0.3 is 18.3 Å². The molecule has 14 nitrogen and oxygen atoms in total. The summed E-state index contributed by atoms with van der Waals surface area (Å²) in [6, 6.07) is 9.23. The second kappa shape index (κ2) is 17.8. The predicted molar refractivity (Wildman–Crippen MR) is 160 cm³/mol. The number of benzene rings is 1. The van der Waals surface area contributed by atoms with Gasteiger partial charge in [0, 0.05) is 26.2 Å². The average molecular weight is 610 g/mol. The van der Waals surface area contributed by atoms with E-state index in [2.05, 4.69) is 26.6 Å². The molecule has 0 bridgehead atoms. The fraction of sp³-hybridized carbons (Fsp3) is 0.621. The molecule has 0 saturated carbocycles. The lowest BCUT2D eigenvalue weighted by molar-refractivity contribution is -0.893. The van der Waals surface area contributed by atoms with Crippen molar-refractivity contribution in [3.63, 3.8) is 0 Å². The second-order valence-electron chi connectivity index (χ2n) is 12.2. The number of hydrogen-bond acceptors (Lipinski definition) is 8. The lowest BCUT2D eigenvalue weighted by Gasteiger charge is -2.33. The molecule has 14 heteroatoms. The van der Waals surface area contributed by atoms with Crippen LogP contribution >= 0.6 is 0 Å². The summed E-state index contributed by atoms with van der Waals surface area (Å²) in [7, 11) is 1.72. The van der Waals surface area contributed by atoms with Crippen molar-refractivity contribution in [3.05, 3.63) is 35.9 Å². The highest BCUT2D eigenvalue weighted by atomic mass is 16.6. The molecule has 0 atom stereocenters. The molecule has 0 unspecified atom stereocenters. The van der Waals surface area contributed by atoms with Crippen LogP contribution in [0.1, 0.15) is 47.1 Å². The van der Waals surface area contributed by atoms with Crippen LogP contribution in [-0.2, 0) is 30.4 Å². The summed E-state index contributed by atoms with van der Waals surface area (Å²) in [5, 5.41) is 13.2. The van der Waals surface area contributed by atoms with Crippen LogP contribution in [0.4, 0.5) is 14.4 Å². The minimum absolute atomic E-state index is 0.0321. The molecule has 0 heterocycles. The number of carbonyl (C=O) groups excluding carboxylic acids is 5. The van der Waals surface area contributed by atoms with Crippen molar-refractivity contribution < 1.29 is 42.7 Å². The lowest BCUT2D eigenvalue weighted by atomic mass is 10.2. The summed E-state index contributed by atoms with van der Waals surface area (Å²) >= 11 is 0. The third-order valence-corrected chi connectivity index (χ3v) is 5.42. The number of quaternary nitrogens is 1.